The van der Waals surface area contributed by atoms with Crippen LogP contribution < -0.4 is 16.1 Å². The summed E-state index contributed by atoms with van der Waals surface area (Å²) in [6.45, 7) is 9.28. The molecule has 0 radical (unpaired) electrons. The molecule has 1 saturated heterocycles. The minimum Gasteiger partial charge on any atom is -0.480 e. The number of carboxylic acid groups (broad SMARTS) is 1. The van der Waals surface area contributed by atoms with Crippen LogP contribution in [0.15, 0.2) is 48.5 Å². The molecule has 0 bridgehead atoms. The van der Waals surface area contributed by atoms with Crippen molar-refractivity contribution in [1.82, 2.24) is 5.32 Å². The lowest BCUT2D eigenvalue weighted by molar-refractivity contribution is -0.139. The predicted molar refractivity (Wildman–Crippen MR) is 125 cm³/mol. The molecular formula is C24H29BN2O6. The van der Waals surface area contributed by atoms with Gasteiger partial charge in [-0.25, -0.2) is 4.79 Å². The molecular weight excluding hydrogens is 423 g/mol. The maximum absolute atomic E-state index is 12.6. The highest BCUT2D eigenvalue weighted by Gasteiger charge is 2.51. The van der Waals surface area contributed by atoms with Crippen LogP contribution in [-0.4, -0.2) is 47.3 Å². The van der Waals surface area contributed by atoms with Crippen LogP contribution >= 0.6 is 0 Å². The van der Waals surface area contributed by atoms with E-state index < -0.39 is 36.2 Å². The van der Waals surface area contributed by atoms with Crippen molar-refractivity contribution >= 4 is 36.1 Å². The zero-order valence-electron chi connectivity index (χ0n) is 19.5. The Labute approximate surface area is 193 Å². The quantitative estimate of drug-likeness (QED) is 0.556. The smallest absolute Gasteiger partial charge is 0.480 e. The Bertz CT molecular complexity index is 1040. The first-order valence-corrected chi connectivity index (χ1v) is 10.7. The number of rotatable bonds is 7. The normalized spacial score (nSPS) is 17.3. The lowest BCUT2D eigenvalue weighted by Crippen LogP contribution is -2.42. The summed E-state index contributed by atoms with van der Waals surface area (Å²) in [5, 5.41) is 14.8. The summed E-state index contributed by atoms with van der Waals surface area (Å²) in [6.07, 6.45) is 0.107. The van der Waals surface area contributed by atoms with Crippen molar-refractivity contribution in [2.75, 3.05) is 5.32 Å². The van der Waals surface area contributed by atoms with E-state index >= 15 is 0 Å². The molecule has 2 aromatic carbocycles. The summed E-state index contributed by atoms with van der Waals surface area (Å²) in [5.74, 6) is -1.94. The van der Waals surface area contributed by atoms with E-state index in [0.717, 1.165) is 11.0 Å². The molecule has 33 heavy (non-hydrogen) atoms. The minimum absolute atomic E-state index is 0.107. The summed E-state index contributed by atoms with van der Waals surface area (Å²) in [7, 11) is -0.505. The second-order valence-electron chi connectivity index (χ2n) is 9.16. The van der Waals surface area contributed by atoms with Crippen LogP contribution in [0.4, 0.5) is 5.69 Å². The van der Waals surface area contributed by atoms with E-state index in [0.29, 0.717) is 5.69 Å². The van der Waals surface area contributed by atoms with Gasteiger partial charge in [-0.2, -0.15) is 0 Å². The summed E-state index contributed by atoms with van der Waals surface area (Å²) < 4.78 is 12.1. The Kier molecular flexibility index (Phi) is 6.95. The molecule has 3 N–H and O–H groups in total. The molecule has 9 heteroatoms. The second-order valence-corrected chi connectivity index (χ2v) is 9.16. The largest absolute Gasteiger partial charge is 0.494 e. The number of anilines is 1. The first kappa shape index (κ1) is 24.5. The maximum atomic E-state index is 12.6. The summed E-state index contributed by atoms with van der Waals surface area (Å²) in [4.78, 5) is 35.6. The zero-order valence-corrected chi connectivity index (χ0v) is 19.5. The highest BCUT2D eigenvalue weighted by atomic mass is 16.7. The van der Waals surface area contributed by atoms with Gasteiger partial charge < -0.3 is 25.0 Å². The van der Waals surface area contributed by atoms with E-state index in [1.54, 1.807) is 30.3 Å². The minimum atomic E-state index is -1.14. The van der Waals surface area contributed by atoms with Gasteiger partial charge in [0.1, 0.15) is 6.04 Å². The SMILES string of the molecule is CC(=O)Nc1cccc(C(=O)N[C@@H](Cc2ccc(B3OC(C)(C)C(C)(C)O3)cc2)C(=O)O)c1. The van der Waals surface area contributed by atoms with Crippen LogP contribution in [0.25, 0.3) is 0 Å². The number of hydrogen-bond acceptors (Lipinski definition) is 5. The summed E-state index contributed by atoms with van der Waals surface area (Å²) in [6, 6.07) is 12.5. The van der Waals surface area contributed by atoms with Crippen molar-refractivity contribution in [1.29, 1.82) is 0 Å². The van der Waals surface area contributed by atoms with E-state index in [1.165, 1.54) is 13.0 Å². The highest BCUT2D eigenvalue weighted by Crippen LogP contribution is 2.36. The first-order chi connectivity index (χ1) is 15.4. The van der Waals surface area contributed by atoms with Gasteiger partial charge in [-0.15, -0.1) is 0 Å². The summed E-state index contributed by atoms with van der Waals surface area (Å²) in [5.41, 5.74) is 1.39. The lowest BCUT2D eigenvalue weighted by Gasteiger charge is -2.32. The van der Waals surface area contributed by atoms with E-state index in [4.69, 9.17) is 9.31 Å². The third-order valence-corrected chi connectivity index (χ3v) is 5.99. The molecule has 1 fully saturated rings. The fourth-order valence-electron chi connectivity index (χ4n) is 3.41. The number of benzene rings is 2. The molecule has 1 heterocycles. The van der Waals surface area contributed by atoms with Crippen LogP contribution in [0.2, 0.25) is 0 Å². The molecule has 0 spiro atoms. The van der Waals surface area contributed by atoms with E-state index in [-0.39, 0.29) is 17.9 Å². The van der Waals surface area contributed by atoms with Crippen molar-refractivity contribution in [2.24, 2.45) is 0 Å². The molecule has 0 unspecified atom stereocenters. The zero-order chi connectivity index (χ0) is 24.4. The Morgan fingerprint density at radius 2 is 1.61 bits per heavy atom. The van der Waals surface area contributed by atoms with Gasteiger partial charge in [0.15, 0.2) is 0 Å². The van der Waals surface area contributed by atoms with Crippen LogP contribution in [0.5, 0.6) is 0 Å². The molecule has 174 valence electrons. The third kappa shape index (κ3) is 5.80. The third-order valence-electron chi connectivity index (χ3n) is 5.99. The van der Waals surface area contributed by atoms with Gasteiger partial charge in [-0.05, 0) is 56.9 Å². The molecule has 1 aliphatic rings. The van der Waals surface area contributed by atoms with Gasteiger partial charge in [0.05, 0.1) is 11.2 Å². The van der Waals surface area contributed by atoms with Crippen molar-refractivity contribution in [3.05, 3.63) is 59.7 Å². The van der Waals surface area contributed by atoms with Gasteiger partial charge >= 0.3 is 13.1 Å². The average Bonchev–Trinajstić information content (AvgIpc) is 2.94. The average molecular weight is 452 g/mol. The molecule has 8 nitrogen and oxygen atoms in total. The van der Waals surface area contributed by atoms with Crippen molar-refractivity contribution in [2.45, 2.75) is 58.3 Å². The number of carbonyl (C=O) groups is 3. The van der Waals surface area contributed by atoms with Crippen LogP contribution in [-0.2, 0) is 25.3 Å². The summed E-state index contributed by atoms with van der Waals surface area (Å²) >= 11 is 0. The lowest BCUT2D eigenvalue weighted by atomic mass is 9.78. The van der Waals surface area contributed by atoms with E-state index in [2.05, 4.69) is 10.6 Å². The Hall–Kier alpha value is -3.17. The van der Waals surface area contributed by atoms with Gasteiger partial charge in [0.2, 0.25) is 5.91 Å². The first-order valence-electron chi connectivity index (χ1n) is 10.7. The van der Waals surface area contributed by atoms with Crippen LogP contribution in [0.3, 0.4) is 0 Å². The van der Waals surface area contributed by atoms with Gasteiger partial charge in [-0.1, -0.05) is 30.3 Å². The van der Waals surface area contributed by atoms with Gasteiger partial charge in [-0.3, -0.25) is 9.59 Å². The molecule has 1 aliphatic heterocycles. The topological polar surface area (TPSA) is 114 Å². The number of carboxylic acids is 1. The fraction of sp³-hybridized carbons (Fsp3) is 0.375. The Morgan fingerprint density at radius 1 is 1.00 bits per heavy atom. The number of amides is 2. The van der Waals surface area contributed by atoms with Crippen molar-refractivity contribution in [3.63, 3.8) is 0 Å². The van der Waals surface area contributed by atoms with Gasteiger partial charge in [0, 0.05) is 24.6 Å². The van der Waals surface area contributed by atoms with Crippen molar-refractivity contribution in [3.8, 4) is 0 Å². The number of nitrogens with one attached hydrogen (secondary N) is 2. The molecule has 2 aromatic rings. The molecule has 3 rings (SSSR count). The van der Waals surface area contributed by atoms with E-state index in [9.17, 15) is 19.5 Å². The molecule has 1 atom stereocenters. The molecule has 2 amide bonds. The molecule has 0 aliphatic carbocycles. The predicted octanol–water partition coefficient (Wildman–Crippen LogP) is 2.37. The van der Waals surface area contributed by atoms with E-state index in [1.807, 2.05) is 39.8 Å². The monoisotopic (exact) mass is 452 g/mol. The van der Waals surface area contributed by atoms with Gasteiger partial charge in [0.25, 0.3) is 5.91 Å². The van der Waals surface area contributed by atoms with Crippen LogP contribution in [0.1, 0.15) is 50.5 Å². The Morgan fingerprint density at radius 3 is 2.15 bits per heavy atom. The molecule has 0 saturated carbocycles. The van der Waals surface area contributed by atoms with Crippen molar-refractivity contribution < 1.29 is 28.8 Å². The molecule has 0 aromatic heterocycles. The number of carbonyl (C=O) groups excluding carboxylic acids is 2. The van der Waals surface area contributed by atoms with Crippen LogP contribution in [0, 0.1) is 0 Å². The Balaban J connectivity index is 1.67. The highest BCUT2D eigenvalue weighted by molar-refractivity contribution is 6.62. The fourth-order valence-corrected chi connectivity index (χ4v) is 3.41. The maximum Gasteiger partial charge on any atom is 0.494 e. The number of aliphatic carboxylic acids is 1. The standard InChI is InChI=1S/C24H29BN2O6/c1-15(28)26-19-8-6-7-17(14-19)21(29)27-20(22(30)31)13-16-9-11-18(12-10-16)25-32-23(2,3)24(4,5)33-25/h6-12,14,20H,13H2,1-5H3,(H,26,28)(H,27,29)(H,30,31)/t20-/m0/s1. The second kappa shape index (κ2) is 9.37. The number of hydrogen-bond donors (Lipinski definition) is 3.